The number of pyridine rings is 1. The van der Waals surface area contributed by atoms with Crippen molar-refractivity contribution >= 4 is 23.0 Å². The number of esters is 2. The fourth-order valence-electron chi connectivity index (χ4n) is 2.08. The fraction of sp³-hybridized carbons (Fsp3) is 0.400. The van der Waals surface area contributed by atoms with E-state index in [1.165, 1.54) is 6.92 Å². The maximum atomic E-state index is 12.3. The molecule has 6 nitrogen and oxygen atoms in total. The van der Waals surface area contributed by atoms with Gasteiger partial charge in [0.1, 0.15) is 5.65 Å². The van der Waals surface area contributed by atoms with Crippen LogP contribution in [0.1, 0.15) is 26.5 Å². The Hall–Kier alpha value is -2.37. The van der Waals surface area contributed by atoms with Crippen LogP contribution in [-0.4, -0.2) is 35.1 Å². The van der Waals surface area contributed by atoms with Crippen LogP contribution in [-0.2, 0) is 24.5 Å². The number of carbonyl (C=O) groups is 2. The van der Waals surface area contributed by atoms with Crippen LogP contribution >= 0.6 is 0 Å². The molecular formula is C15H18N2O4. The van der Waals surface area contributed by atoms with Crippen LogP contribution in [0.5, 0.6) is 0 Å². The van der Waals surface area contributed by atoms with Gasteiger partial charge in [0.05, 0.1) is 13.2 Å². The van der Waals surface area contributed by atoms with E-state index in [4.69, 9.17) is 9.47 Å². The lowest BCUT2D eigenvalue weighted by Gasteiger charge is -2.23. The molecule has 0 saturated heterocycles. The first kappa shape index (κ1) is 15.0. The van der Waals surface area contributed by atoms with Crippen LogP contribution in [0.2, 0.25) is 0 Å². The van der Waals surface area contributed by atoms with E-state index in [0.717, 1.165) is 5.39 Å². The summed E-state index contributed by atoms with van der Waals surface area (Å²) in [4.78, 5) is 31.8. The number of carbonyl (C=O) groups excluding carboxylic acids is 2. The zero-order valence-corrected chi connectivity index (χ0v) is 12.3. The molecule has 6 heteroatoms. The number of H-pyrrole nitrogens is 1. The Morgan fingerprint density at radius 2 is 1.86 bits per heavy atom. The minimum absolute atomic E-state index is 0.187. The summed E-state index contributed by atoms with van der Waals surface area (Å²) in [6.07, 6.45) is 1.63. The third kappa shape index (κ3) is 2.61. The van der Waals surface area contributed by atoms with Gasteiger partial charge in [-0.2, -0.15) is 0 Å². The second kappa shape index (κ2) is 5.95. The number of rotatable bonds is 5. The van der Waals surface area contributed by atoms with E-state index in [-0.39, 0.29) is 13.2 Å². The van der Waals surface area contributed by atoms with Crippen LogP contribution < -0.4 is 0 Å². The molecule has 0 aliphatic carbocycles. The van der Waals surface area contributed by atoms with Gasteiger partial charge in [0.2, 0.25) is 5.41 Å². The smallest absolute Gasteiger partial charge is 0.329 e. The number of fused-ring (bicyclic) bond motifs is 1. The van der Waals surface area contributed by atoms with Crippen molar-refractivity contribution in [2.45, 2.75) is 26.2 Å². The van der Waals surface area contributed by atoms with Crippen molar-refractivity contribution in [2.24, 2.45) is 0 Å². The Bertz CT molecular complexity index is 611. The molecule has 0 bridgehead atoms. The van der Waals surface area contributed by atoms with Crippen molar-refractivity contribution in [2.75, 3.05) is 13.2 Å². The van der Waals surface area contributed by atoms with Crippen LogP contribution in [0, 0.1) is 0 Å². The van der Waals surface area contributed by atoms with Gasteiger partial charge >= 0.3 is 11.9 Å². The molecule has 0 unspecified atom stereocenters. The van der Waals surface area contributed by atoms with Gasteiger partial charge in [-0.05, 0) is 39.0 Å². The van der Waals surface area contributed by atoms with E-state index in [0.29, 0.717) is 11.3 Å². The molecule has 2 rings (SSSR count). The average Bonchev–Trinajstić information content (AvgIpc) is 2.91. The highest BCUT2D eigenvalue weighted by atomic mass is 16.6. The van der Waals surface area contributed by atoms with Gasteiger partial charge in [0.15, 0.2) is 0 Å². The SMILES string of the molecule is CCOC(=O)C(C)(C(=O)OCC)c1cc2cccnc2[nH]1. The maximum Gasteiger partial charge on any atom is 0.329 e. The minimum Gasteiger partial charge on any atom is -0.465 e. The summed E-state index contributed by atoms with van der Waals surface area (Å²) in [5, 5.41) is 0.812. The molecule has 0 aliphatic heterocycles. The lowest BCUT2D eigenvalue weighted by molar-refractivity contribution is -0.164. The van der Waals surface area contributed by atoms with Crippen molar-refractivity contribution in [1.82, 2.24) is 9.97 Å². The van der Waals surface area contributed by atoms with Crippen LogP contribution in [0.25, 0.3) is 11.0 Å². The molecule has 21 heavy (non-hydrogen) atoms. The molecule has 0 spiro atoms. The Kier molecular flexibility index (Phi) is 4.26. The lowest BCUT2D eigenvalue weighted by atomic mass is 9.86. The molecule has 1 N–H and O–H groups in total. The predicted octanol–water partition coefficient (Wildman–Crippen LogP) is 1.95. The van der Waals surface area contributed by atoms with E-state index in [1.807, 2.05) is 6.07 Å². The summed E-state index contributed by atoms with van der Waals surface area (Å²) >= 11 is 0. The molecule has 0 saturated carbocycles. The highest BCUT2D eigenvalue weighted by molar-refractivity contribution is 6.06. The van der Waals surface area contributed by atoms with E-state index < -0.39 is 17.4 Å². The molecule has 0 aliphatic rings. The summed E-state index contributed by atoms with van der Waals surface area (Å²) < 4.78 is 10.1. The molecule has 0 aromatic carbocycles. The quantitative estimate of drug-likeness (QED) is 0.672. The maximum absolute atomic E-state index is 12.3. The summed E-state index contributed by atoms with van der Waals surface area (Å²) in [6.45, 7) is 5.25. The molecule has 112 valence electrons. The molecule has 2 aromatic rings. The topological polar surface area (TPSA) is 81.3 Å². The van der Waals surface area contributed by atoms with Gasteiger partial charge in [-0.25, -0.2) is 4.98 Å². The number of aromatic amines is 1. The fourth-order valence-corrected chi connectivity index (χ4v) is 2.08. The van der Waals surface area contributed by atoms with Gasteiger partial charge in [-0.1, -0.05) is 0 Å². The number of hydrogen-bond acceptors (Lipinski definition) is 5. The number of hydrogen-bond donors (Lipinski definition) is 1. The highest BCUT2D eigenvalue weighted by Crippen LogP contribution is 2.29. The van der Waals surface area contributed by atoms with Crippen molar-refractivity contribution in [1.29, 1.82) is 0 Å². The van der Waals surface area contributed by atoms with E-state index >= 15 is 0 Å². The summed E-state index contributed by atoms with van der Waals surface area (Å²) in [5.74, 6) is -1.29. The lowest BCUT2D eigenvalue weighted by Crippen LogP contribution is -2.43. The summed E-state index contributed by atoms with van der Waals surface area (Å²) in [5.41, 5.74) is -0.521. The second-order valence-corrected chi connectivity index (χ2v) is 4.69. The molecular weight excluding hydrogens is 272 g/mol. The molecule has 0 atom stereocenters. The van der Waals surface area contributed by atoms with Crippen LogP contribution in [0.3, 0.4) is 0 Å². The van der Waals surface area contributed by atoms with Gasteiger partial charge < -0.3 is 14.5 Å². The summed E-state index contributed by atoms with van der Waals surface area (Å²) in [7, 11) is 0. The Morgan fingerprint density at radius 3 is 2.38 bits per heavy atom. The zero-order chi connectivity index (χ0) is 15.5. The van der Waals surface area contributed by atoms with Crippen molar-refractivity contribution < 1.29 is 19.1 Å². The Morgan fingerprint density at radius 1 is 1.24 bits per heavy atom. The first-order valence-electron chi connectivity index (χ1n) is 6.82. The summed E-state index contributed by atoms with van der Waals surface area (Å²) in [6, 6.07) is 5.35. The average molecular weight is 290 g/mol. The van der Waals surface area contributed by atoms with Gasteiger partial charge in [-0.15, -0.1) is 0 Å². The second-order valence-electron chi connectivity index (χ2n) is 4.69. The Balaban J connectivity index is 2.52. The standard InChI is InChI=1S/C15H18N2O4/c1-4-20-13(18)15(3,14(19)21-5-2)11-9-10-7-6-8-16-12(10)17-11/h6-9H,4-5H2,1-3H3,(H,16,17). The van der Waals surface area contributed by atoms with E-state index in [9.17, 15) is 9.59 Å². The van der Waals surface area contributed by atoms with E-state index in [1.54, 1.807) is 32.2 Å². The number of ether oxygens (including phenoxy) is 2. The first-order chi connectivity index (χ1) is 10.0. The number of nitrogens with zero attached hydrogens (tertiary/aromatic N) is 1. The minimum atomic E-state index is -1.53. The van der Waals surface area contributed by atoms with Crippen LogP contribution in [0.15, 0.2) is 24.4 Å². The van der Waals surface area contributed by atoms with Gasteiger partial charge in [0, 0.05) is 17.3 Å². The third-order valence-corrected chi connectivity index (χ3v) is 3.30. The van der Waals surface area contributed by atoms with Gasteiger partial charge in [0.25, 0.3) is 0 Å². The molecule has 0 fully saturated rings. The molecule has 2 aromatic heterocycles. The van der Waals surface area contributed by atoms with Gasteiger partial charge in [-0.3, -0.25) is 9.59 Å². The van der Waals surface area contributed by atoms with Crippen molar-refractivity contribution in [3.63, 3.8) is 0 Å². The number of nitrogens with one attached hydrogen (secondary N) is 1. The largest absolute Gasteiger partial charge is 0.465 e. The zero-order valence-electron chi connectivity index (χ0n) is 12.3. The van der Waals surface area contributed by atoms with Crippen molar-refractivity contribution in [3.8, 4) is 0 Å². The third-order valence-electron chi connectivity index (χ3n) is 3.30. The molecule has 0 amide bonds. The molecule has 2 heterocycles. The molecule has 0 radical (unpaired) electrons. The van der Waals surface area contributed by atoms with Crippen LogP contribution in [0.4, 0.5) is 0 Å². The highest BCUT2D eigenvalue weighted by Gasteiger charge is 2.47. The monoisotopic (exact) mass is 290 g/mol. The first-order valence-corrected chi connectivity index (χ1v) is 6.82. The Labute approximate surface area is 122 Å². The number of aromatic nitrogens is 2. The van der Waals surface area contributed by atoms with Crippen molar-refractivity contribution in [3.05, 3.63) is 30.1 Å². The van der Waals surface area contributed by atoms with E-state index in [2.05, 4.69) is 9.97 Å². The normalized spacial score (nSPS) is 11.4. The predicted molar refractivity (Wildman–Crippen MR) is 76.7 cm³/mol.